The molecule has 1 aliphatic heterocycles. The summed E-state index contributed by atoms with van der Waals surface area (Å²) in [6, 6.07) is 14.8. The van der Waals surface area contributed by atoms with Crippen molar-refractivity contribution < 1.29 is 19.1 Å². The van der Waals surface area contributed by atoms with Crippen LogP contribution in [0.1, 0.15) is 32.0 Å². The summed E-state index contributed by atoms with van der Waals surface area (Å²) in [6.07, 6.45) is 2.77. The fourth-order valence-corrected chi connectivity index (χ4v) is 3.66. The van der Waals surface area contributed by atoms with Gasteiger partial charge in [-0.05, 0) is 23.3 Å². The Bertz CT molecular complexity index is 1400. The summed E-state index contributed by atoms with van der Waals surface area (Å²) in [6.45, 7) is 0.560. The Hall–Kier alpha value is -4.73. The van der Waals surface area contributed by atoms with E-state index in [0.29, 0.717) is 34.6 Å². The van der Waals surface area contributed by atoms with Gasteiger partial charge >= 0.3 is 0 Å². The van der Waals surface area contributed by atoms with Crippen molar-refractivity contribution in [1.82, 2.24) is 25.6 Å². The molecule has 170 valence electrons. The van der Waals surface area contributed by atoms with E-state index in [0.717, 1.165) is 11.1 Å². The van der Waals surface area contributed by atoms with Crippen LogP contribution < -0.4 is 20.7 Å². The van der Waals surface area contributed by atoms with Crippen molar-refractivity contribution in [2.75, 3.05) is 11.9 Å². The molecule has 3 amide bonds. The lowest BCUT2D eigenvalue weighted by Crippen LogP contribution is -2.26. The highest BCUT2D eigenvalue weighted by atomic mass is 16.5. The fraction of sp³-hybridized carbons (Fsp3) is 0.125. The molecule has 4 N–H and O–H groups in total. The second-order valence-electron chi connectivity index (χ2n) is 7.67. The van der Waals surface area contributed by atoms with Crippen LogP contribution in [0.25, 0.3) is 11.0 Å². The summed E-state index contributed by atoms with van der Waals surface area (Å²) in [4.78, 5) is 48.3. The highest BCUT2D eigenvalue weighted by molar-refractivity contribution is 6.10. The third-order valence-electron chi connectivity index (χ3n) is 5.35. The van der Waals surface area contributed by atoms with Gasteiger partial charge in [-0.15, -0.1) is 0 Å². The quantitative estimate of drug-likeness (QED) is 0.351. The average Bonchev–Trinajstić information content (AvgIpc) is 3.30. The van der Waals surface area contributed by atoms with Gasteiger partial charge in [0.2, 0.25) is 0 Å². The molecule has 10 nitrogen and oxygen atoms in total. The predicted molar refractivity (Wildman–Crippen MR) is 123 cm³/mol. The van der Waals surface area contributed by atoms with Gasteiger partial charge in [0.15, 0.2) is 12.3 Å². The topological polar surface area (TPSA) is 138 Å². The zero-order valence-electron chi connectivity index (χ0n) is 17.9. The minimum absolute atomic E-state index is 0.0186. The molecule has 34 heavy (non-hydrogen) atoms. The minimum atomic E-state index is -0.427. The van der Waals surface area contributed by atoms with E-state index < -0.39 is 5.91 Å². The first-order valence-corrected chi connectivity index (χ1v) is 10.6. The minimum Gasteiger partial charge on any atom is -0.482 e. The summed E-state index contributed by atoms with van der Waals surface area (Å²) < 4.78 is 5.34. The lowest BCUT2D eigenvalue weighted by Gasteiger charge is -2.18. The number of benzene rings is 2. The molecule has 0 radical (unpaired) electrons. The van der Waals surface area contributed by atoms with E-state index >= 15 is 0 Å². The number of carbonyl (C=O) groups excluding carboxylic acids is 3. The molecule has 0 fully saturated rings. The van der Waals surface area contributed by atoms with E-state index in [2.05, 4.69) is 30.9 Å². The smallest absolute Gasteiger partial charge is 0.272 e. The molecular formula is C24H20N6O4. The molecular weight excluding hydrogens is 436 g/mol. The molecule has 5 rings (SSSR count). The van der Waals surface area contributed by atoms with Crippen LogP contribution in [0.4, 0.5) is 5.69 Å². The maximum atomic E-state index is 12.8. The fourth-order valence-electron chi connectivity index (χ4n) is 3.66. The highest BCUT2D eigenvalue weighted by Gasteiger charge is 2.20. The van der Waals surface area contributed by atoms with Gasteiger partial charge in [0.1, 0.15) is 17.6 Å². The molecule has 3 heterocycles. The Kier molecular flexibility index (Phi) is 5.61. The molecule has 0 saturated carbocycles. The molecule has 0 bridgehead atoms. The van der Waals surface area contributed by atoms with Crippen LogP contribution in [0.15, 0.2) is 61.1 Å². The maximum absolute atomic E-state index is 12.8. The van der Waals surface area contributed by atoms with Gasteiger partial charge in [-0.3, -0.25) is 14.4 Å². The number of nitrogens with one attached hydrogen (secondary N) is 4. The van der Waals surface area contributed by atoms with Gasteiger partial charge < -0.3 is 25.7 Å². The Labute approximate surface area is 193 Å². The van der Waals surface area contributed by atoms with Crippen LogP contribution in [0.3, 0.4) is 0 Å². The van der Waals surface area contributed by atoms with Crippen molar-refractivity contribution in [3.63, 3.8) is 0 Å². The van der Waals surface area contributed by atoms with E-state index in [4.69, 9.17) is 4.74 Å². The van der Waals surface area contributed by atoms with Crippen molar-refractivity contribution in [2.45, 2.75) is 13.1 Å². The van der Waals surface area contributed by atoms with Gasteiger partial charge in [0.25, 0.3) is 17.7 Å². The van der Waals surface area contributed by atoms with Crippen molar-refractivity contribution >= 4 is 34.4 Å². The summed E-state index contributed by atoms with van der Waals surface area (Å²) >= 11 is 0. The molecule has 4 aromatic rings. The third kappa shape index (κ3) is 4.29. The van der Waals surface area contributed by atoms with Gasteiger partial charge in [-0.1, -0.05) is 36.4 Å². The van der Waals surface area contributed by atoms with Crippen LogP contribution >= 0.6 is 0 Å². The van der Waals surface area contributed by atoms with Crippen molar-refractivity contribution in [3.8, 4) is 5.75 Å². The van der Waals surface area contributed by atoms with Crippen LogP contribution in [0, 0.1) is 0 Å². The number of hydrogen-bond donors (Lipinski definition) is 4. The van der Waals surface area contributed by atoms with Gasteiger partial charge in [-0.25, -0.2) is 9.97 Å². The normalized spacial score (nSPS) is 12.4. The standard InChI is InChI=1S/C24H20N6O4/c31-19-12-34-18-7-6-15(8-17(18)30-19)10-27-24(33)22-21-20(28-13-29-22)16(11-25-21)23(32)26-9-14-4-2-1-3-5-14/h1-8,11,13,25H,9-10,12H2,(H,26,32)(H,27,33)(H,30,31). The van der Waals surface area contributed by atoms with Crippen molar-refractivity contribution in [1.29, 1.82) is 0 Å². The number of amides is 3. The average molecular weight is 456 g/mol. The highest BCUT2D eigenvalue weighted by Crippen LogP contribution is 2.28. The Morgan fingerprint density at radius 1 is 0.971 bits per heavy atom. The van der Waals surface area contributed by atoms with E-state index in [1.165, 1.54) is 12.5 Å². The Morgan fingerprint density at radius 2 is 1.76 bits per heavy atom. The zero-order valence-corrected chi connectivity index (χ0v) is 17.9. The van der Waals surface area contributed by atoms with Crippen molar-refractivity contribution in [2.24, 2.45) is 0 Å². The Balaban J connectivity index is 1.29. The van der Waals surface area contributed by atoms with Crippen molar-refractivity contribution in [3.05, 3.63) is 83.4 Å². The number of H-pyrrole nitrogens is 1. The molecule has 0 saturated heterocycles. The van der Waals surface area contributed by atoms with Gasteiger partial charge in [0, 0.05) is 19.3 Å². The number of aromatic nitrogens is 3. The molecule has 0 spiro atoms. The second-order valence-corrected chi connectivity index (χ2v) is 7.67. The summed E-state index contributed by atoms with van der Waals surface area (Å²) in [7, 11) is 0. The first-order valence-electron chi connectivity index (χ1n) is 10.6. The predicted octanol–water partition coefficient (Wildman–Crippen LogP) is 2.15. The second kappa shape index (κ2) is 9.02. The number of rotatable bonds is 6. The number of ether oxygens (including phenoxy) is 1. The van der Waals surface area contributed by atoms with E-state index in [9.17, 15) is 14.4 Å². The van der Waals surface area contributed by atoms with Crippen LogP contribution in [0.2, 0.25) is 0 Å². The summed E-state index contributed by atoms with van der Waals surface area (Å²) in [5, 5.41) is 8.40. The van der Waals surface area contributed by atoms with E-state index in [-0.39, 0.29) is 30.7 Å². The first-order chi connectivity index (χ1) is 16.6. The third-order valence-corrected chi connectivity index (χ3v) is 5.35. The lowest BCUT2D eigenvalue weighted by atomic mass is 10.1. The van der Waals surface area contributed by atoms with Crippen LogP contribution in [0.5, 0.6) is 5.75 Å². The number of aromatic amines is 1. The number of fused-ring (bicyclic) bond motifs is 2. The monoisotopic (exact) mass is 456 g/mol. The van der Waals surface area contributed by atoms with Gasteiger partial charge in [-0.2, -0.15) is 0 Å². The first kappa shape index (κ1) is 21.1. The molecule has 0 unspecified atom stereocenters. The molecule has 1 aliphatic rings. The largest absolute Gasteiger partial charge is 0.482 e. The van der Waals surface area contributed by atoms with Crippen LogP contribution in [-0.4, -0.2) is 39.3 Å². The van der Waals surface area contributed by atoms with E-state index in [1.807, 2.05) is 30.3 Å². The van der Waals surface area contributed by atoms with E-state index in [1.54, 1.807) is 18.2 Å². The van der Waals surface area contributed by atoms with Gasteiger partial charge in [0.05, 0.1) is 16.8 Å². The molecule has 2 aromatic carbocycles. The maximum Gasteiger partial charge on any atom is 0.272 e. The number of anilines is 1. The summed E-state index contributed by atoms with van der Waals surface area (Å²) in [5.74, 6) is -0.383. The number of nitrogens with zero attached hydrogens (tertiary/aromatic N) is 2. The number of carbonyl (C=O) groups is 3. The molecule has 0 aliphatic carbocycles. The lowest BCUT2D eigenvalue weighted by molar-refractivity contribution is -0.118. The molecule has 0 atom stereocenters. The molecule has 10 heteroatoms. The summed E-state index contributed by atoms with van der Waals surface area (Å²) in [5.41, 5.74) is 3.49. The number of hydrogen-bond acceptors (Lipinski definition) is 6. The van der Waals surface area contributed by atoms with Crippen LogP contribution in [-0.2, 0) is 17.9 Å². The molecule has 2 aromatic heterocycles. The Morgan fingerprint density at radius 3 is 2.62 bits per heavy atom. The SMILES string of the molecule is O=C1COc2ccc(CNC(=O)c3ncnc4c(C(=O)NCc5ccccc5)c[nH]c34)cc2N1. The zero-order chi connectivity index (χ0) is 23.5.